The number of benzene rings is 2. The molecule has 2 saturated carbocycles. The largest absolute Gasteiger partial charge is 0.488 e. The minimum absolute atomic E-state index is 0.0108. The topological polar surface area (TPSA) is 120 Å². The van der Waals surface area contributed by atoms with Gasteiger partial charge in [-0.1, -0.05) is 6.07 Å². The number of nitrogens with one attached hydrogen (secondary N) is 1. The van der Waals surface area contributed by atoms with Crippen molar-refractivity contribution < 1.29 is 36.9 Å². The van der Waals surface area contributed by atoms with Gasteiger partial charge < -0.3 is 25.6 Å². The van der Waals surface area contributed by atoms with Crippen molar-refractivity contribution in [3.63, 3.8) is 0 Å². The molecule has 12 heteroatoms. The van der Waals surface area contributed by atoms with Crippen molar-refractivity contribution in [2.75, 3.05) is 13.2 Å². The average Bonchev–Trinajstić information content (AvgIpc) is 3.94. The van der Waals surface area contributed by atoms with Crippen molar-refractivity contribution in [3.8, 4) is 22.8 Å². The summed E-state index contributed by atoms with van der Waals surface area (Å²) in [6, 6.07) is 13.0. The van der Waals surface area contributed by atoms with Gasteiger partial charge in [-0.15, -0.1) is 0 Å². The van der Waals surface area contributed by atoms with E-state index in [-0.39, 0.29) is 52.4 Å². The third-order valence-corrected chi connectivity index (χ3v) is 8.49. The van der Waals surface area contributed by atoms with Gasteiger partial charge in [-0.05, 0) is 80.1 Å². The molecule has 1 amide bonds. The van der Waals surface area contributed by atoms with E-state index >= 15 is 0 Å². The fourth-order valence-electron chi connectivity index (χ4n) is 5.60. The first-order valence-corrected chi connectivity index (χ1v) is 14.3. The van der Waals surface area contributed by atoms with Crippen LogP contribution in [0.15, 0.2) is 60.8 Å². The Morgan fingerprint density at radius 1 is 1.11 bits per heavy atom. The fourth-order valence-corrected chi connectivity index (χ4v) is 5.60. The molecule has 2 fully saturated rings. The highest BCUT2D eigenvalue weighted by Crippen LogP contribution is 2.52. The number of nitrogens with two attached hydrogens (primary N) is 1. The zero-order valence-electron chi connectivity index (χ0n) is 23.3. The van der Waals surface area contributed by atoms with Crippen LogP contribution in [-0.4, -0.2) is 46.4 Å². The van der Waals surface area contributed by atoms with Crippen molar-refractivity contribution in [1.82, 2.24) is 15.3 Å². The van der Waals surface area contributed by atoms with Gasteiger partial charge in [0.1, 0.15) is 35.0 Å². The number of ether oxygens (including phenoxy) is 2. The summed E-state index contributed by atoms with van der Waals surface area (Å²) in [5, 5.41) is 15.5. The highest BCUT2D eigenvalue weighted by molar-refractivity contribution is 6.00. The van der Waals surface area contributed by atoms with Crippen LogP contribution in [-0.2, 0) is 11.1 Å². The van der Waals surface area contributed by atoms with E-state index in [0.29, 0.717) is 29.5 Å². The van der Waals surface area contributed by atoms with E-state index in [9.17, 15) is 27.5 Å². The summed E-state index contributed by atoms with van der Waals surface area (Å²) in [6.45, 7) is -1.22. The van der Waals surface area contributed by atoms with Gasteiger partial charge in [-0.25, -0.2) is 9.37 Å². The molecule has 2 aromatic heterocycles. The normalized spacial score (nSPS) is 21.0. The van der Waals surface area contributed by atoms with E-state index in [4.69, 9.17) is 15.2 Å². The van der Waals surface area contributed by atoms with Crippen molar-refractivity contribution in [1.29, 1.82) is 0 Å². The number of alkyl halides is 3. The molecule has 0 radical (unpaired) electrons. The number of pyridine rings is 2. The Morgan fingerprint density at radius 3 is 2.55 bits per heavy atom. The van der Waals surface area contributed by atoms with Crippen molar-refractivity contribution in [2.24, 2.45) is 11.7 Å². The molecule has 4 aromatic rings. The van der Waals surface area contributed by atoms with E-state index in [1.807, 2.05) is 6.07 Å². The Balaban J connectivity index is 1.26. The number of rotatable bonds is 8. The minimum Gasteiger partial charge on any atom is -0.488 e. The maximum Gasteiger partial charge on any atom is 0.414 e. The Labute approximate surface area is 249 Å². The van der Waals surface area contributed by atoms with Gasteiger partial charge in [-0.3, -0.25) is 9.78 Å². The summed E-state index contributed by atoms with van der Waals surface area (Å²) < 4.78 is 68.0. The first-order chi connectivity index (χ1) is 21.0. The number of carbonyl (C=O) groups is 1. The second-order valence-electron chi connectivity index (χ2n) is 11.7. The van der Waals surface area contributed by atoms with Gasteiger partial charge in [0.25, 0.3) is 5.91 Å². The summed E-state index contributed by atoms with van der Waals surface area (Å²) in [7, 11) is 0. The summed E-state index contributed by atoms with van der Waals surface area (Å²) >= 11 is 0. The number of nitrogens with zero attached hydrogens (tertiary/aromatic N) is 2. The smallest absolute Gasteiger partial charge is 0.414 e. The van der Waals surface area contributed by atoms with Gasteiger partial charge >= 0.3 is 6.18 Å². The SMILES string of the molecule is N[C@@]1(C(F)(F)F)COc2c1cc([C@@](O)(CNC(=O)c1cc(OC3CC3)c3ncccc3c1)C1CC1)nc2-c1ccc(F)cc1. The van der Waals surface area contributed by atoms with Crippen LogP contribution < -0.4 is 20.5 Å². The number of amides is 1. The molecule has 1 aliphatic heterocycles. The molecule has 3 heterocycles. The second-order valence-corrected chi connectivity index (χ2v) is 11.7. The fraction of sp³-hybridized carbons (Fsp3) is 0.344. The van der Waals surface area contributed by atoms with Crippen LogP contribution in [0.3, 0.4) is 0 Å². The molecule has 3 aliphatic rings. The molecule has 228 valence electrons. The zero-order chi connectivity index (χ0) is 30.9. The molecule has 4 N–H and O–H groups in total. The van der Waals surface area contributed by atoms with Crippen molar-refractivity contribution in [2.45, 2.75) is 49.1 Å². The molecule has 7 rings (SSSR count). The predicted octanol–water partition coefficient (Wildman–Crippen LogP) is 5.11. The van der Waals surface area contributed by atoms with E-state index in [1.165, 1.54) is 12.1 Å². The highest BCUT2D eigenvalue weighted by atomic mass is 19.4. The molecule has 0 bridgehead atoms. The minimum atomic E-state index is -4.88. The first kappa shape index (κ1) is 28.5. The second kappa shape index (κ2) is 10.1. The molecule has 8 nitrogen and oxygen atoms in total. The Hall–Kier alpha value is -4.29. The number of aromatic nitrogens is 2. The summed E-state index contributed by atoms with van der Waals surface area (Å²) in [5.41, 5.74) is 1.91. The summed E-state index contributed by atoms with van der Waals surface area (Å²) in [6.07, 6.45) is -0.208. The van der Waals surface area contributed by atoms with Gasteiger partial charge in [0.15, 0.2) is 11.3 Å². The molecule has 0 unspecified atom stereocenters. The lowest BCUT2D eigenvalue weighted by molar-refractivity contribution is -0.191. The Morgan fingerprint density at radius 2 is 1.86 bits per heavy atom. The number of hydrogen-bond donors (Lipinski definition) is 3. The maximum atomic E-state index is 14.3. The molecular formula is C32H28F4N4O4. The quantitative estimate of drug-likeness (QED) is 0.238. The van der Waals surface area contributed by atoms with Gasteiger partial charge in [0.2, 0.25) is 0 Å². The standard InChI is InChI=1S/C32H28F4N4O4/c33-21-7-3-17(4-8-21)27-28-23(31(37,16-43-28)32(34,35)36)14-25(40-27)30(42,20-5-6-20)15-39-29(41)19-12-18-2-1-11-38-26(18)24(13-19)44-22-9-10-22/h1-4,7-8,11-14,20,22,42H,5-6,9-10,15-16,37H2,(H,39,41)/t30-,31+/m1/s1. The third kappa shape index (κ3) is 4.91. The molecule has 2 aliphatic carbocycles. The molecule has 2 aromatic carbocycles. The van der Waals surface area contributed by atoms with Crippen LogP contribution in [0, 0.1) is 11.7 Å². The lowest BCUT2D eigenvalue weighted by Gasteiger charge is -2.31. The van der Waals surface area contributed by atoms with E-state index in [1.54, 1.807) is 24.4 Å². The first-order valence-electron chi connectivity index (χ1n) is 14.3. The van der Waals surface area contributed by atoms with Crippen molar-refractivity contribution >= 4 is 16.8 Å². The van der Waals surface area contributed by atoms with Crippen LogP contribution in [0.25, 0.3) is 22.2 Å². The summed E-state index contributed by atoms with van der Waals surface area (Å²) in [4.78, 5) is 22.4. The van der Waals surface area contributed by atoms with E-state index in [2.05, 4.69) is 15.3 Å². The van der Waals surface area contributed by atoms with Crippen LogP contribution in [0.4, 0.5) is 17.6 Å². The van der Waals surface area contributed by atoms with Crippen molar-refractivity contribution in [3.05, 3.63) is 83.4 Å². The molecule has 0 saturated heterocycles. The van der Waals surface area contributed by atoms with Crippen LogP contribution in [0.2, 0.25) is 0 Å². The maximum absolute atomic E-state index is 14.3. The zero-order valence-corrected chi connectivity index (χ0v) is 23.3. The van der Waals surface area contributed by atoms with E-state index in [0.717, 1.165) is 31.0 Å². The molecule has 2 atom stereocenters. The van der Waals surface area contributed by atoms with Gasteiger partial charge in [0, 0.05) is 28.3 Å². The number of fused-ring (bicyclic) bond motifs is 2. The van der Waals surface area contributed by atoms with Crippen LogP contribution >= 0.6 is 0 Å². The van der Waals surface area contributed by atoms with Gasteiger partial charge in [-0.2, -0.15) is 13.2 Å². The number of halogens is 4. The number of hydrogen-bond acceptors (Lipinski definition) is 7. The Kier molecular flexibility index (Phi) is 6.56. The van der Waals surface area contributed by atoms with Crippen LogP contribution in [0.5, 0.6) is 11.5 Å². The lowest BCUT2D eigenvalue weighted by Crippen LogP contribution is -2.52. The molecule has 0 spiro atoms. The third-order valence-electron chi connectivity index (χ3n) is 8.49. The summed E-state index contributed by atoms with van der Waals surface area (Å²) in [5.74, 6) is -1.15. The highest BCUT2D eigenvalue weighted by Gasteiger charge is 2.59. The average molecular weight is 609 g/mol. The molecule has 44 heavy (non-hydrogen) atoms. The van der Waals surface area contributed by atoms with Gasteiger partial charge in [0.05, 0.1) is 18.3 Å². The monoisotopic (exact) mass is 608 g/mol. The Bertz CT molecular complexity index is 1780. The number of aliphatic hydroxyl groups is 1. The van der Waals surface area contributed by atoms with Crippen LogP contribution in [0.1, 0.15) is 47.3 Å². The predicted molar refractivity (Wildman–Crippen MR) is 151 cm³/mol. The molecular weight excluding hydrogens is 580 g/mol. The number of carbonyl (C=O) groups excluding carboxylic acids is 1. The van der Waals surface area contributed by atoms with E-state index < -0.39 is 35.6 Å². The lowest BCUT2D eigenvalue weighted by atomic mass is 9.86.